The molecule has 1 heterocycles. The van der Waals surface area contributed by atoms with Crippen LogP contribution in [-0.4, -0.2) is 10.2 Å². The molecule has 3 N–H and O–H groups in total. The van der Waals surface area contributed by atoms with Crippen LogP contribution in [0.5, 0.6) is 0 Å². The number of nitrogens with zero attached hydrogens (tertiary/aromatic N) is 1. The van der Waals surface area contributed by atoms with Crippen molar-refractivity contribution in [2.45, 2.75) is 39.0 Å². The monoisotopic (exact) mass is 261 g/mol. The van der Waals surface area contributed by atoms with Gasteiger partial charge in [0.25, 0.3) is 0 Å². The number of anilines is 1. The van der Waals surface area contributed by atoms with Crippen LogP contribution in [-0.2, 0) is 6.42 Å². The Morgan fingerprint density at radius 3 is 2.84 bits per heavy atom. The van der Waals surface area contributed by atoms with Crippen molar-refractivity contribution in [2.75, 3.05) is 5.73 Å². The van der Waals surface area contributed by atoms with Gasteiger partial charge in [-0.2, -0.15) is 5.10 Å². The highest BCUT2D eigenvalue weighted by atomic mass is 19.1. The zero-order chi connectivity index (χ0) is 13.7. The molecule has 0 amide bonds. The largest absolute Gasteiger partial charge is 0.382 e. The maximum absolute atomic E-state index is 13.3. The molecule has 0 unspecified atom stereocenters. The number of nitrogens with two attached hydrogens (primary N) is 1. The lowest BCUT2D eigenvalue weighted by molar-refractivity contribution is 0.628. The van der Waals surface area contributed by atoms with E-state index in [1.165, 1.54) is 31.4 Å². The fourth-order valence-electron chi connectivity index (χ4n) is 2.27. The van der Waals surface area contributed by atoms with Gasteiger partial charge in [0.15, 0.2) is 5.82 Å². The van der Waals surface area contributed by atoms with Crippen LogP contribution in [0.1, 0.15) is 38.3 Å². The third-order valence-electron chi connectivity index (χ3n) is 3.26. The molecule has 0 bridgehead atoms. The maximum Gasteiger partial charge on any atom is 0.153 e. The first kappa shape index (κ1) is 13.6. The van der Waals surface area contributed by atoms with Crippen molar-refractivity contribution in [2.24, 2.45) is 0 Å². The summed E-state index contributed by atoms with van der Waals surface area (Å²) < 4.78 is 13.3. The van der Waals surface area contributed by atoms with Crippen LogP contribution in [0.15, 0.2) is 24.3 Å². The first-order valence-corrected chi connectivity index (χ1v) is 6.81. The minimum absolute atomic E-state index is 0.255. The van der Waals surface area contributed by atoms with Gasteiger partial charge in [0.05, 0.1) is 0 Å². The highest BCUT2D eigenvalue weighted by molar-refractivity contribution is 5.76. The molecule has 0 aliphatic carbocycles. The molecule has 102 valence electrons. The second kappa shape index (κ2) is 6.36. The van der Waals surface area contributed by atoms with E-state index in [1.54, 1.807) is 6.07 Å². The lowest BCUT2D eigenvalue weighted by Crippen LogP contribution is -1.92. The van der Waals surface area contributed by atoms with Gasteiger partial charge in [-0.3, -0.25) is 5.10 Å². The number of aromatic amines is 1. The Morgan fingerprint density at radius 1 is 1.26 bits per heavy atom. The number of aryl methyl sites for hydroxylation is 1. The molecule has 0 radical (unpaired) electrons. The quantitative estimate of drug-likeness (QED) is 0.774. The second-order valence-electron chi connectivity index (χ2n) is 4.78. The van der Waals surface area contributed by atoms with E-state index in [4.69, 9.17) is 5.73 Å². The van der Waals surface area contributed by atoms with Gasteiger partial charge in [-0.15, -0.1) is 0 Å². The molecular formula is C15H20FN3. The highest BCUT2D eigenvalue weighted by Crippen LogP contribution is 2.29. The van der Waals surface area contributed by atoms with Crippen LogP contribution < -0.4 is 5.73 Å². The average molecular weight is 261 g/mol. The molecule has 3 nitrogen and oxygen atoms in total. The number of unbranched alkanes of at least 4 members (excludes halogenated alkanes) is 3. The van der Waals surface area contributed by atoms with Crippen LogP contribution in [0.2, 0.25) is 0 Å². The highest BCUT2D eigenvalue weighted by Gasteiger charge is 2.13. The number of H-pyrrole nitrogens is 1. The van der Waals surface area contributed by atoms with Gasteiger partial charge in [0.2, 0.25) is 0 Å². The molecule has 2 rings (SSSR count). The Labute approximate surface area is 113 Å². The van der Waals surface area contributed by atoms with E-state index < -0.39 is 0 Å². The lowest BCUT2D eigenvalue weighted by Gasteiger charge is -2.05. The smallest absolute Gasteiger partial charge is 0.153 e. The minimum atomic E-state index is -0.255. The normalized spacial score (nSPS) is 10.8. The summed E-state index contributed by atoms with van der Waals surface area (Å²) in [5.41, 5.74) is 8.52. The van der Waals surface area contributed by atoms with E-state index >= 15 is 0 Å². The standard InChI is InChI=1S/C15H20FN3/c1-2-3-4-5-9-13-14(15(17)19-18-13)11-7-6-8-12(16)10-11/h6-8,10H,2-5,9H2,1H3,(H3,17,18,19). The Hall–Kier alpha value is -1.84. The minimum Gasteiger partial charge on any atom is -0.382 e. The molecule has 0 fully saturated rings. The Bertz CT molecular complexity index is 534. The molecule has 4 heteroatoms. The van der Waals surface area contributed by atoms with Crippen molar-refractivity contribution >= 4 is 5.82 Å². The maximum atomic E-state index is 13.3. The topological polar surface area (TPSA) is 54.7 Å². The fraction of sp³-hybridized carbons (Fsp3) is 0.400. The van der Waals surface area contributed by atoms with Gasteiger partial charge in [-0.1, -0.05) is 38.3 Å². The van der Waals surface area contributed by atoms with E-state index in [1.807, 2.05) is 6.07 Å². The summed E-state index contributed by atoms with van der Waals surface area (Å²) in [5, 5.41) is 7.02. The summed E-state index contributed by atoms with van der Waals surface area (Å²) in [6, 6.07) is 6.48. The zero-order valence-electron chi connectivity index (χ0n) is 11.2. The van der Waals surface area contributed by atoms with Gasteiger partial charge >= 0.3 is 0 Å². The molecule has 0 aliphatic rings. The zero-order valence-corrected chi connectivity index (χ0v) is 11.2. The Morgan fingerprint density at radius 2 is 2.11 bits per heavy atom. The SMILES string of the molecule is CCCCCCc1[nH]nc(N)c1-c1cccc(F)c1. The predicted molar refractivity (Wildman–Crippen MR) is 76.2 cm³/mol. The number of benzene rings is 1. The van der Waals surface area contributed by atoms with Gasteiger partial charge in [0, 0.05) is 11.3 Å². The summed E-state index contributed by atoms with van der Waals surface area (Å²) in [7, 11) is 0. The number of nitrogens with one attached hydrogen (secondary N) is 1. The van der Waals surface area contributed by atoms with Gasteiger partial charge in [-0.25, -0.2) is 4.39 Å². The molecule has 0 aliphatic heterocycles. The molecule has 19 heavy (non-hydrogen) atoms. The summed E-state index contributed by atoms with van der Waals surface area (Å²) in [5.74, 6) is 0.186. The summed E-state index contributed by atoms with van der Waals surface area (Å²) in [4.78, 5) is 0. The third-order valence-corrected chi connectivity index (χ3v) is 3.26. The fourth-order valence-corrected chi connectivity index (χ4v) is 2.27. The van der Waals surface area contributed by atoms with Crippen LogP contribution in [0.3, 0.4) is 0 Å². The molecule has 0 atom stereocenters. The van der Waals surface area contributed by atoms with Crippen molar-refractivity contribution in [1.82, 2.24) is 10.2 Å². The Balaban J connectivity index is 2.18. The van der Waals surface area contributed by atoms with Crippen molar-refractivity contribution in [3.05, 3.63) is 35.8 Å². The Kier molecular flexibility index (Phi) is 4.55. The first-order chi connectivity index (χ1) is 9.22. The molecule has 1 aromatic heterocycles. The van der Waals surface area contributed by atoms with E-state index in [9.17, 15) is 4.39 Å². The molecule has 0 saturated heterocycles. The summed E-state index contributed by atoms with van der Waals surface area (Å²) in [6.07, 6.45) is 5.63. The van der Waals surface area contributed by atoms with Crippen LogP contribution >= 0.6 is 0 Å². The second-order valence-corrected chi connectivity index (χ2v) is 4.78. The van der Waals surface area contributed by atoms with Crippen molar-refractivity contribution in [1.29, 1.82) is 0 Å². The third kappa shape index (κ3) is 3.34. The van der Waals surface area contributed by atoms with Crippen molar-refractivity contribution in [3.8, 4) is 11.1 Å². The number of hydrogen-bond donors (Lipinski definition) is 2. The molecule has 0 saturated carbocycles. The van der Waals surface area contributed by atoms with Gasteiger partial charge < -0.3 is 5.73 Å². The summed E-state index contributed by atoms with van der Waals surface area (Å²) >= 11 is 0. The van der Waals surface area contributed by atoms with Crippen LogP contribution in [0.25, 0.3) is 11.1 Å². The number of halogens is 1. The number of rotatable bonds is 6. The lowest BCUT2D eigenvalue weighted by atomic mass is 10.0. The molecule has 0 spiro atoms. The van der Waals surface area contributed by atoms with Gasteiger partial charge in [-0.05, 0) is 30.5 Å². The van der Waals surface area contributed by atoms with Gasteiger partial charge in [0.1, 0.15) is 5.82 Å². The molecule has 2 aromatic rings. The number of nitrogen functional groups attached to an aromatic ring is 1. The average Bonchev–Trinajstić information content (AvgIpc) is 2.76. The first-order valence-electron chi connectivity index (χ1n) is 6.81. The predicted octanol–water partition coefficient (Wildman–Crippen LogP) is 3.92. The van der Waals surface area contributed by atoms with Crippen LogP contribution in [0.4, 0.5) is 10.2 Å². The van der Waals surface area contributed by atoms with E-state index in [2.05, 4.69) is 17.1 Å². The van der Waals surface area contributed by atoms with Crippen molar-refractivity contribution < 1.29 is 4.39 Å². The van der Waals surface area contributed by atoms with Crippen molar-refractivity contribution in [3.63, 3.8) is 0 Å². The van der Waals surface area contributed by atoms with Crippen LogP contribution in [0, 0.1) is 5.82 Å². The number of aromatic nitrogens is 2. The van der Waals surface area contributed by atoms with E-state index in [0.29, 0.717) is 5.82 Å². The van der Waals surface area contributed by atoms with E-state index in [-0.39, 0.29) is 5.82 Å². The van der Waals surface area contributed by atoms with E-state index in [0.717, 1.165) is 29.7 Å². The molecule has 1 aromatic carbocycles. The number of hydrogen-bond acceptors (Lipinski definition) is 2. The molecular weight excluding hydrogens is 241 g/mol. The summed E-state index contributed by atoms with van der Waals surface area (Å²) in [6.45, 7) is 2.19.